The molecule has 0 unspecified atom stereocenters. The van der Waals surface area contributed by atoms with Crippen molar-refractivity contribution in [3.8, 4) is 0 Å². The third-order valence-corrected chi connectivity index (χ3v) is 5.18. The summed E-state index contributed by atoms with van der Waals surface area (Å²) in [4.78, 5) is 41.4. The molecular weight excluding hydrogens is 364 g/mol. The van der Waals surface area contributed by atoms with Crippen molar-refractivity contribution < 1.29 is 14.4 Å². The van der Waals surface area contributed by atoms with Gasteiger partial charge in [-0.25, -0.2) is 4.98 Å². The summed E-state index contributed by atoms with van der Waals surface area (Å²) in [5.41, 5.74) is 3.48. The number of carbonyl (C=O) groups excluding carboxylic acids is 3. The summed E-state index contributed by atoms with van der Waals surface area (Å²) in [5, 5.41) is 2.59. The average molecular weight is 380 g/mol. The van der Waals surface area contributed by atoms with Crippen molar-refractivity contribution in [1.82, 2.24) is 14.3 Å². The maximum atomic E-state index is 12.5. The molecule has 136 valence electrons. The number of aromatic nitrogens is 2. The van der Waals surface area contributed by atoms with E-state index < -0.39 is 0 Å². The first-order valence-electron chi connectivity index (χ1n) is 8.33. The number of nitrogens with zero attached hydrogens (tertiary/aromatic N) is 3. The number of fused-ring (bicyclic) bond motifs is 1. The van der Waals surface area contributed by atoms with Crippen molar-refractivity contribution in [2.24, 2.45) is 0 Å². The number of benzene rings is 1. The molecule has 2 aromatic heterocycles. The third kappa shape index (κ3) is 3.43. The number of amides is 3. The van der Waals surface area contributed by atoms with Crippen LogP contribution < -0.4 is 5.32 Å². The van der Waals surface area contributed by atoms with Crippen LogP contribution in [-0.2, 0) is 11.3 Å². The van der Waals surface area contributed by atoms with Crippen molar-refractivity contribution in [3.63, 3.8) is 0 Å². The monoisotopic (exact) mass is 380 g/mol. The Bertz CT molecular complexity index is 1040. The van der Waals surface area contributed by atoms with Crippen LogP contribution in [0.3, 0.4) is 0 Å². The average Bonchev–Trinajstić information content (AvgIpc) is 3.23. The summed E-state index contributed by atoms with van der Waals surface area (Å²) in [6.07, 6.45) is 1.70. The minimum absolute atomic E-state index is 0.176. The molecule has 1 saturated heterocycles. The van der Waals surface area contributed by atoms with Crippen LogP contribution in [0.1, 0.15) is 21.7 Å². The fourth-order valence-corrected chi connectivity index (χ4v) is 3.59. The van der Waals surface area contributed by atoms with Crippen LogP contribution in [0.25, 0.3) is 5.65 Å². The van der Waals surface area contributed by atoms with Gasteiger partial charge < -0.3 is 9.72 Å². The van der Waals surface area contributed by atoms with Gasteiger partial charge in [0.25, 0.3) is 11.1 Å². The lowest BCUT2D eigenvalue weighted by Crippen LogP contribution is -2.27. The van der Waals surface area contributed by atoms with Crippen LogP contribution in [0.5, 0.6) is 0 Å². The fraction of sp³-hybridized carbons (Fsp3) is 0.158. The Morgan fingerprint density at radius 3 is 2.63 bits per heavy atom. The van der Waals surface area contributed by atoms with Gasteiger partial charge >= 0.3 is 0 Å². The predicted octanol–water partition coefficient (Wildman–Crippen LogP) is 3.09. The number of rotatable bonds is 4. The van der Waals surface area contributed by atoms with E-state index in [4.69, 9.17) is 0 Å². The summed E-state index contributed by atoms with van der Waals surface area (Å²) < 4.78 is 1.86. The second-order valence-corrected chi connectivity index (χ2v) is 7.13. The molecule has 4 rings (SSSR count). The number of imide groups is 1. The molecule has 1 aliphatic heterocycles. The largest absolute Gasteiger partial charge is 0.321 e. The van der Waals surface area contributed by atoms with E-state index in [1.165, 1.54) is 4.90 Å². The Kier molecular flexibility index (Phi) is 4.41. The lowest BCUT2D eigenvalue weighted by atomic mass is 10.2. The highest BCUT2D eigenvalue weighted by molar-refractivity contribution is 8.14. The first kappa shape index (κ1) is 17.3. The van der Waals surface area contributed by atoms with Gasteiger partial charge in [-0.2, -0.15) is 0 Å². The number of anilines is 1. The van der Waals surface area contributed by atoms with Gasteiger partial charge in [-0.05, 0) is 36.8 Å². The van der Waals surface area contributed by atoms with Gasteiger partial charge in [0.15, 0.2) is 0 Å². The topological polar surface area (TPSA) is 83.8 Å². The Labute approximate surface area is 159 Å². The molecule has 1 N–H and O–H groups in total. The molecule has 1 aliphatic rings. The summed E-state index contributed by atoms with van der Waals surface area (Å²) in [6.45, 7) is 2.19. The number of aryl methyl sites for hydroxylation is 1. The Balaban J connectivity index is 1.46. The normalized spacial score (nSPS) is 14.2. The third-order valence-electron chi connectivity index (χ3n) is 4.32. The van der Waals surface area contributed by atoms with E-state index in [0.29, 0.717) is 17.0 Å². The van der Waals surface area contributed by atoms with Gasteiger partial charge in [-0.3, -0.25) is 19.3 Å². The molecule has 1 fully saturated rings. The van der Waals surface area contributed by atoms with E-state index in [1.807, 2.05) is 29.5 Å². The van der Waals surface area contributed by atoms with Gasteiger partial charge in [-0.15, -0.1) is 0 Å². The van der Waals surface area contributed by atoms with Crippen LogP contribution in [0, 0.1) is 6.92 Å². The van der Waals surface area contributed by atoms with Crippen molar-refractivity contribution >= 4 is 40.2 Å². The first-order chi connectivity index (χ1) is 13.0. The number of hydrogen-bond acceptors (Lipinski definition) is 5. The lowest BCUT2D eigenvalue weighted by molar-refractivity contribution is -0.125. The summed E-state index contributed by atoms with van der Waals surface area (Å²) >= 11 is 1.02. The van der Waals surface area contributed by atoms with Crippen LogP contribution in [-0.4, -0.2) is 37.1 Å². The van der Waals surface area contributed by atoms with Crippen LogP contribution in [0.4, 0.5) is 10.5 Å². The molecule has 3 amide bonds. The standard InChI is InChI=1S/C19H16N4O3S/c1-12-3-2-4-16-21-15(10-22(12)16)18(25)20-14-7-5-13(6-8-14)9-23-17(24)11-27-19(23)26/h2-8,10H,9,11H2,1H3,(H,20,25). The van der Waals surface area contributed by atoms with Crippen molar-refractivity contribution in [3.05, 3.63) is 65.6 Å². The number of thioether (sulfide) groups is 1. The Morgan fingerprint density at radius 1 is 1.19 bits per heavy atom. The molecule has 7 nitrogen and oxygen atoms in total. The molecule has 0 aliphatic carbocycles. The number of nitrogens with one attached hydrogen (secondary N) is 1. The van der Waals surface area contributed by atoms with E-state index in [-0.39, 0.29) is 29.4 Å². The highest BCUT2D eigenvalue weighted by Crippen LogP contribution is 2.22. The molecule has 3 heterocycles. The van der Waals surface area contributed by atoms with Crippen molar-refractivity contribution in [2.45, 2.75) is 13.5 Å². The Morgan fingerprint density at radius 2 is 1.96 bits per heavy atom. The zero-order chi connectivity index (χ0) is 19.0. The smallest absolute Gasteiger partial charge is 0.289 e. The molecule has 0 spiro atoms. The Hall–Kier alpha value is -3.13. The molecule has 27 heavy (non-hydrogen) atoms. The highest BCUT2D eigenvalue weighted by Gasteiger charge is 2.29. The van der Waals surface area contributed by atoms with E-state index in [0.717, 1.165) is 23.0 Å². The molecule has 0 saturated carbocycles. The SMILES string of the molecule is Cc1cccc2nc(C(=O)Nc3ccc(CN4C(=O)CSC4=O)cc3)cn12. The van der Waals surface area contributed by atoms with Crippen molar-refractivity contribution in [2.75, 3.05) is 11.1 Å². The van der Waals surface area contributed by atoms with E-state index in [1.54, 1.807) is 30.5 Å². The molecule has 0 atom stereocenters. The highest BCUT2D eigenvalue weighted by atomic mass is 32.2. The minimum Gasteiger partial charge on any atom is -0.321 e. The van der Waals surface area contributed by atoms with Crippen LogP contribution in [0.15, 0.2) is 48.7 Å². The summed E-state index contributed by atoms with van der Waals surface area (Å²) in [6, 6.07) is 12.7. The molecule has 8 heteroatoms. The first-order valence-corrected chi connectivity index (χ1v) is 9.32. The van der Waals surface area contributed by atoms with Gasteiger partial charge in [0.05, 0.1) is 12.3 Å². The zero-order valence-electron chi connectivity index (χ0n) is 14.5. The molecule has 1 aromatic carbocycles. The second kappa shape index (κ2) is 6.88. The van der Waals surface area contributed by atoms with Crippen LogP contribution >= 0.6 is 11.8 Å². The molecule has 0 radical (unpaired) electrons. The maximum absolute atomic E-state index is 12.5. The summed E-state index contributed by atoms with van der Waals surface area (Å²) in [7, 11) is 0. The van der Waals surface area contributed by atoms with E-state index in [2.05, 4.69) is 10.3 Å². The quantitative estimate of drug-likeness (QED) is 0.752. The van der Waals surface area contributed by atoms with Gasteiger partial charge in [0.2, 0.25) is 5.91 Å². The lowest BCUT2D eigenvalue weighted by Gasteiger charge is -2.13. The molecular formula is C19H16N4O3S. The number of pyridine rings is 1. The fourth-order valence-electron chi connectivity index (χ4n) is 2.86. The van der Waals surface area contributed by atoms with Gasteiger partial charge in [0.1, 0.15) is 11.3 Å². The predicted molar refractivity (Wildman–Crippen MR) is 103 cm³/mol. The number of imidazole rings is 1. The number of hydrogen-bond donors (Lipinski definition) is 1. The molecule has 3 aromatic rings. The summed E-state index contributed by atoms with van der Waals surface area (Å²) in [5.74, 6) is -0.275. The zero-order valence-corrected chi connectivity index (χ0v) is 15.3. The van der Waals surface area contributed by atoms with Gasteiger partial charge in [-0.1, -0.05) is 30.0 Å². The van der Waals surface area contributed by atoms with Crippen molar-refractivity contribution in [1.29, 1.82) is 0 Å². The second-order valence-electron chi connectivity index (χ2n) is 6.21. The maximum Gasteiger partial charge on any atom is 0.289 e. The minimum atomic E-state index is -0.299. The van der Waals surface area contributed by atoms with E-state index >= 15 is 0 Å². The van der Waals surface area contributed by atoms with Gasteiger partial charge in [0, 0.05) is 17.6 Å². The van der Waals surface area contributed by atoms with E-state index in [9.17, 15) is 14.4 Å². The van der Waals surface area contributed by atoms with Crippen LogP contribution in [0.2, 0.25) is 0 Å². The number of carbonyl (C=O) groups is 3. The molecule has 0 bridgehead atoms.